The first kappa shape index (κ1) is 21.9. The highest BCUT2D eigenvalue weighted by atomic mass is 35.5. The molecule has 3 nitrogen and oxygen atoms in total. The first-order chi connectivity index (χ1) is 13.6. The molecule has 0 radical (unpaired) electrons. The van der Waals surface area contributed by atoms with E-state index in [1.54, 1.807) is 0 Å². The van der Waals surface area contributed by atoms with E-state index in [0.29, 0.717) is 6.54 Å². The Hall–Kier alpha value is -1.81. The van der Waals surface area contributed by atoms with E-state index in [-0.39, 0.29) is 18.3 Å². The van der Waals surface area contributed by atoms with Gasteiger partial charge in [0.2, 0.25) is 0 Å². The lowest BCUT2D eigenvalue weighted by Gasteiger charge is -2.30. The molecule has 154 valence electrons. The summed E-state index contributed by atoms with van der Waals surface area (Å²) in [5, 5.41) is 10.1. The third kappa shape index (κ3) is 5.03. The molecule has 1 atom stereocenters. The summed E-state index contributed by atoms with van der Waals surface area (Å²) in [6.45, 7) is 2.56. The van der Waals surface area contributed by atoms with Crippen molar-refractivity contribution in [3.63, 3.8) is 0 Å². The maximum absolute atomic E-state index is 11.3. The molecule has 0 bridgehead atoms. The molecule has 1 fully saturated rings. The van der Waals surface area contributed by atoms with Gasteiger partial charge in [-0.2, -0.15) is 0 Å². The van der Waals surface area contributed by atoms with E-state index in [2.05, 4.69) is 47.4 Å². The Morgan fingerprint density at radius 1 is 1.14 bits per heavy atom. The lowest BCUT2D eigenvalue weighted by molar-refractivity contribution is -0.143. The number of hydrogen-bond acceptors (Lipinski definition) is 2. The van der Waals surface area contributed by atoms with Gasteiger partial charge in [-0.1, -0.05) is 48.0 Å². The Bertz CT molecular complexity index is 910. The fourth-order valence-corrected chi connectivity index (χ4v) is 4.71. The van der Waals surface area contributed by atoms with Gasteiger partial charge in [-0.25, -0.2) is 0 Å². The Kier molecular flexibility index (Phi) is 7.39. The number of carboxylic acids is 1. The molecule has 0 amide bonds. The second kappa shape index (κ2) is 9.80. The normalized spacial score (nSPS) is 20.3. The minimum absolute atomic E-state index is 0. The van der Waals surface area contributed by atoms with E-state index in [4.69, 9.17) is 11.6 Å². The molecule has 0 spiro atoms. The lowest BCUT2D eigenvalue weighted by atomic mass is 9.93. The number of nitrogens with zero attached hydrogens (tertiary/aromatic N) is 1. The van der Waals surface area contributed by atoms with Gasteiger partial charge in [0, 0.05) is 18.1 Å². The van der Waals surface area contributed by atoms with Crippen LogP contribution in [0.2, 0.25) is 5.02 Å². The number of carbonyl (C=O) groups is 1. The van der Waals surface area contributed by atoms with E-state index in [9.17, 15) is 9.90 Å². The number of carboxylic acid groups (broad SMARTS) is 1. The monoisotopic (exact) mass is 431 g/mol. The number of piperidine rings is 1. The lowest BCUT2D eigenvalue weighted by Crippen LogP contribution is -2.39. The standard InChI is InChI=1S/C24H26ClNO2.ClH/c25-20-11-12-22-18(15-20)10-9-17-5-1-2-7-21(17)23(22)8-4-14-26-13-3-6-19(16-26)24(27)28;/h1-2,5,7-8,11-12,15,19H,3-4,6,9-10,13-14,16H2,(H,27,28);1H/t19-;/m1./s1. The maximum Gasteiger partial charge on any atom is 0.307 e. The average Bonchev–Trinajstić information content (AvgIpc) is 2.85. The SMILES string of the molecule is Cl.O=C(O)[C@@H]1CCCN(CCC=C2c3ccccc3CCc3cc(Cl)ccc32)C1. The summed E-state index contributed by atoms with van der Waals surface area (Å²) < 4.78 is 0. The number of aliphatic carboxylic acids is 1. The van der Waals surface area contributed by atoms with Crippen molar-refractivity contribution in [1.29, 1.82) is 0 Å². The molecule has 1 aliphatic carbocycles. The summed E-state index contributed by atoms with van der Waals surface area (Å²) in [6, 6.07) is 14.9. The first-order valence-corrected chi connectivity index (χ1v) is 10.5. The van der Waals surface area contributed by atoms with E-state index in [1.165, 1.54) is 27.8 Å². The van der Waals surface area contributed by atoms with Crippen molar-refractivity contribution in [1.82, 2.24) is 4.90 Å². The third-order valence-electron chi connectivity index (χ3n) is 5.98. The van der Waals surface area contributed by atoms with Crippen LogP contribution in [0.25, 0.3) is 5.57 Å². The molecule has 1 heterocycles. The fourth-order valence-electron chi connectivity index (χ4n) is 4.52. The molecule has 4 rings (SSSR count). The molecule has 2 aliphatic rings. The minimum Gasteiger partial charge on any atom is -0.481 e. The highest BCUT2D eigenvalue weighted by Crippen LogP contribution is 2.35. The van der Waals surface area contributed by atoms with Crippen LogP contribution in [-0.4, -0.2) is 35.6 Å². The third-order valence-corrected chi connectivity index (χ3v) is 6.21. The molecule has 5 heteroatoms. The number of benzene rings is 2. The van der Waals surface area contributed by atoms with Crippen molar-refractivity contribution in [2.24, 2.45) is 5.92 Å². The Balaban J connectivity index is 0.00000240. The zero-order chi connectivity index (χ0) is 19.5. The summed E-state index contributed by atoms with van der Waals surface area (Å²) in [4.78, 5) is 13.6. The van der Waals surface area contributed by atoms with Crippen molar-refractivity contribution in [2.45, 2.75) is 32.1 Å². The summed E-state index contributed by atoms with van der Waals surface area (Å²) in [5.41, 5.74) is 6.55. The predicted octanol–water partition coefficient (Wildman–Crippen LogP) is 5.48. The number of aryl methyl sites for hydroxylation is 2. The molecule has 29 heavy (non-hydrogen) atoms. The van der Waals surface area contributed by atoms with E-state index >= 15 is 0 Å². The van der Waals surface area contributed by atoms with Gasteiger partial charge in [0.1, 0.15) is 0 Å². The molecule has 0 unspecified atom stereocenters. The van der Waals surface area contributed by atoms with E-state index < -0.39 is 5.97 Å². The van der Waals surface area contributed by atoms with Crippen LogP contribution < -0.4 is 0 Å². The average molecular weight is 432 g/mol. The summed E-state index contributed by atoms with van der Waals surface area (Å²) in [5.74, 6) is -0.880. The van der Waals surface area contributed by atoms with Crippen LogP contribution in [0.5, 0.6) is 0 Å². The van der Waals surface area contributed by atoms with Gasteiger partial charge < -0.3 is 10.0 Å². The van der Waals surface area contributed by atoms with Gasteiger partial charge >= 0.3 is 5.97 Å². The predicted molar refractivity (Wildman–Crippen MR) is 121 cm³/mol. The van der Waals surface area contributed by atoms with E-state index in [1.807, 2.05) is 6.07 Å². The zero-order valence-corrected chi connectivity index (χ0v) is 18.0. The van der Waals surface area contributed by atoms with Gasteiger partial charge in [0.15, 0.2) is 0 Å². The Morgan fingerprint density at radius 2 is 1.90 bits per heavy atom. The van der Waals surface area contributed by atoms with Gasteiger partial charge in [-0.15, -0.1) is 12.4 Å². The summed E-state index contributed by atoms with van der Waals surface area (Å²) in [6.07, 6.45) is 7.04. The Morgan fingerprint density at radius 3 is 2.72 bits per heavy atom. The van der Waals surface area contributed by atoms with Gasteiger partial charge in [0.05, 0.1) is 5.92 Å². The Labute approximate surface area is 183 Å². The second-order valence-electron chi connectivity index (χ2n) is 7.84. The quantitative estimate of drug-likeness (QED) is 0.696. The van der Waals surface area contributed by atoms with Gasteiger partial charge in [-0.05, 0) is 78.6 Å². The van der Waals surface area contributed by atoms with E-state index in [0.717, 1.165) is 50.2 Å². The van der Waals surface area contributed by atoms with Crippen molar-refractivity contribution >= 4 is 35.6 Å². The summed E-state index contributed by atoms with van der Waals surface area (Å²) in [7, 11) is 0. The molecule has 0 saturated carbocycles. The fraction of sp³-hybridized carbons (Fsp3) is 0.375. The van der Waals surface area contributed by atoms with Crippen LogP contribution >= 0.6 is 24.0 Å². The largest absolute Gasteiger partial charge is 0.481 e. The number of likely N-dealkylation sites (tertiary alicyclic amines) is 1. The van der Waals surface area contributed by atoms with Crippen LogP contribution in [0.3, 0.4) is 0 Å². The van der Waals surface area contributed by atoms with Crippen molar-refractivity contribution < 1.29 is 9.90 Å². The van der Waals surface area contributed by atoms with Crippen LogP contribution in [0.4, 0.5) is 0 Å². The van der Waals surface area contributed by atoms with Crippen molar-refractivity contribution in [3.05, 3.63) is 75.8 Å². The molecule has 2 aromatic carbocycles. The first-order valence-electron chi connectivity index (χ1n) is 10.1. The van der Waals surface area contributed by atoms with Crippen molar-refractivity contribution in [3.8, 4) is 0 Å². The number of halogens is 2. The molecule has 0 aromatic heterocycles. The number of fused-ring (bicyclic) bond motifs is 2. The molecular formula is C24H27Cl2NO2. The highest BCUT2D eigenvalue weighted by Gasteiger charge is 2.25. The molecule has 1 saturated heterocycles. The van der Waals surface area contributed by atoms with Crippen LogP contribution in [-0.2, 0) is 17.6 Å². The van der Waals surface area contributed by atoms with Crippen LogP contribution in [0.1, 0.15) is 41.5 Å². The molecule has 2 aromatic rings. The molecular weight excluding hydrogens is 405 g/mol. The number of hydrogen-bond donors (Lipinski definition) is 1. The van der Waals surface area contributed by atoms with Gasteiger partial charge in [-0.3, -0.25) is 4.79 Å². The topological polar surface area (TPSA) is 40.5 Å². The van der Waals surface area contributed by atoms with Crippen LogP contribution in [0, 0.1) is 5.92 Å². The zero-order valence-electron chi connectivity index (χ0n) is 16.4. The van der Waals surface area contributed by atoms with Crippen molar-refractivity contribution in [2.75, 3.05) is 19.6 Å². The number of rotatable bonds is 4. The second-order valence-corrected chi connectivity index (χ2v) is 8.28. The smallest absolute Gasteiger partial charge is 0.307 e. The van der Waals surface area contributed by atoms with Gasteiger partial charge in [0.25, 0.3) is 0 Å². The highest BCUT2D eigenvalue weighted by molar-refractivity contribution is 6.30. The maximum atomic E-state index is 11.3. The minimum atomic E-state index is -0.661. The van der Waals surface area contributed by atoms with Crippen LogP contribution in [0.15, 0.2) is 48.5 Å². The summed E-state index contributed by atoms with van der Waals surface area (Å²) >= 11 is 6.26. The molecule has 1 aliphatic heterocycles. The molecule has 1 N–H and O–H groups in total.